The molecule has 3 rings (SSSR count). The molecule has 0 bridgehead atoms. The zero-order chi connectivity index (χ0) is 15.0. The topological polar surface area (TPSA) is 88.1 Å². The van der Waals surface area contributed by atoms with E-state index in [1.165, 1.54) is 18.2 Å². The first-order valence-electron chi connectivity index (χ1n) is 6.17. The number of hydrogen-bond acceptors (Lipinski definition) is 4. The number of hydrogen-bond donors (Lipinski definition) is 2. The first-order chi connectivity index (χ1) is 10.1. The van der Waals surface area contributed by atoms with Crippen molar-refractivity contribution in [2.24, 2.45) is 0 Å². The minimum Gasteiger partial charge on any atom is -0.454 e. The molecule has 2 aromatic rings. The number of amides is 1. The summed E-state index contributed by atoms with van der Waals surface area (Å²) < 4.78 is 19.1. The maximum atomic E-state index is 13.5. The van der Waals surface area contributed by atoms with Gasteiger partial charge in [0.15, 0.2) is 5.75 Å². The van der Waals surface area contributed by atoms with Crippen molar-refractivity contribution in [3.63, 3.8) is 0 Å². The summed E-state index contributed by atoms with van der Waals surface area (Å²) in [5.74, 6) is -0.445. The molecule has 104 valence electrons. The average molecular weight is 283 g/mol. The van der Waals surface area contributed by atoms with Crippen molar-refractivity contribution in [2.45, 2.75) is 6.42 Å². The maximum absolute atomic E-state index is 13.5. The number of benzene rings is 2. The molecule has 21 heavy (non-hydrogen) atoms. The van der Waals surface area contributed by atoms with Gasteiger partial charge >= 0.3 is 0 Å². The Bertz CT molecular complexity index is 796. The van der Waals surface area contributed by atoms with Crippen LogP contribution in [-0.2, 0) is 11.2 Å². The lowest BCUT2D eigenvalue weighted by Crippen LogP contribution is -2.03. The van der Waals surface area contributed by atoms with Gasteiger partial charge < -0.3 is 15.8 Å². The Morgan fingerprint density at radius 3 is 2.90 bits per heavy atom. The van der Waals surface area contributed by atoms with Gasteiger partial charge in [0, 0.05) is 11.8 Å². The van der Waals surface area contributed by atoms with E-state index in [-0.39, 0.29) is 29.4 Å². The second-order valence-electron chi connectivity index (χ2n) is 4.60. The molecule has 0 saturated heterocycles. The average Bonchev–Trinajstić information content (AvgIpc) is 2.78. The molecule has 0 unspecified atom stereocenters. The molecule has 0 fully saturated rings. The number of nitrogen functional groups attached to an aromatic ring is 1. The van der Waals surface area contributed by atoms with Crippen molar-refractivity contribution in [1.29, 1.82) is 5.26 Å². The zero-order valence-corrected chi connectivity index (χ0v) is 10.8. The molecule has 0 radical (unpaired) electrons. The van der Waals surface area contributed by atoms with Crippen LogP contribution in [-0.4, -0.2) is 5.91 Å². The lowest BCUT2D eigenvalue weighted by atomic mass is 10.1. The second-order valence-corrected chi connectivity index (χ2v) is 4.60. The van der Waals surface area contributed by atoms with Crippen molar-refractivity contribution in [2.75, 3.05) is 11.1 Å². The number of halogens is 1. The molecule has 0 spiro atoms. The normalized spacial score (nSPS) is 12.5. The van der Waals surface area contributed by atoms with Crippen LogP contribution in [0.15, 0.2) is 30.3 Å². The Morgan fingerprint density at radius 2 is 2.14 bits per heavy atom. The van der Waals surface area contributed by atoms with Gasteiger partial charge in [0.2, 0.25) is 5.91 Å². The predicted molar refractivity (Wildman–Crippen MR) is 74.4 cm³/mol. The van der Waals surface area contributed by atoms with E-state index in [1.807, 2.05) is 0 Å². The number of nitrogens with zero attached hydrogens (tertiary/aromatic N) is 1. The monoisotopic (exact) mass is 283 g/mol. The van der Waals surface area contributed by atoms with E-state index >= 15 is 0 Å². The Kier molecular flexibility index (Phi) is 2.95. The number of anilines is 2. The van der Waals surface area contributed by atoms with Crippen LogP contribution in [0.2, 0.25) is 0 Å². The van der Waals surface area contributed by atoms with E-state index in [9.17, 15) is 9.18 Å². The first kappa shape index (κ1) is 12.9. The van der Waals surface area contributed by atoms with Crippen LogP contribution in [0.25, 0.3) is 0 Å². The molecule has 0 saturated carbocycles. The molecule has 6 heteroatoms. The molecular formula is C15H10FN3O2. The molecule has 0 aliphatic carbocycles. The van der Waals surface area contributed by atoms with Crippen LogP contribution in [0.5, 0.6) is 11.5 Å². The van der Waals surface area contributed by atoms with Crippen LogP contribution in [0.1, 0.15) is 11.1 Å². The summed E-state index contributed by atoms with van der Waals surface area (Å²) in [4.78, 5) is 11.3. The van der Waals surface area contributed by atoms with Crippen LogP contribution < -0.4 is 15.8 Å². The summed E-state index contributed by atoms with van der Waals surface area (Å²) in [6, 6.07) is 9.05. The van der Waals surface area contributed by atoms with E-state index in [1.54, 1.807) is 18.2 Å². The van der Waals surface area contributed by atoms with Gasteiger partial charge in [-0.3, -0.25) is 4.79 Å². The van der Waals surface area contributed by atoms with Crippen LogP contribution in [0.4, 0.5) is 15.8 Å². The standard InChI is InChI=1S/C15H10FN3O2/c16-10-2-1-3-13(9(10)7-17)21-14-6-12-8(4-11(14)18)5-15(20)19-12/h1-4,6H,5,18H2,(H,19,20). The minimum absolute atomic E-state index is 0.0773. The number of ether oxygens (including phenoxy) is 1. The van der Waals surface area contributed by atoms with Crippen molar-refractivity contribution >= 4 is 17.3 Å². The third-order valence-electron chi connectivity index (χ3n) is 3.17. The van der Waals surface area contributed by atoms with Crippen molar-refractivity contribution < 1.29 is 13.9 Å². The number of carbonyl (C=O) groups excluding carboxylic acids is 1. The van der Waals surface area contributed by atoms with E-state index in [0.717, 1.165) is 5.56 Å². The summed E-state index contributed by atoms with van der Waals surface area (Å²) >= 11 is 0. The molecule has 2 aromatic carbocycles. The highest BCUT2D eigenvalue weighted by Crippen LogP contribution is 2.36. The van der Waals surface area contributed by atoms with Crippen molar-refractivity contribution in [3.8, 4) is 17.6 Å². The number of nitrogens with one attached hydrogen (secondary N) is 1. The minimum atomic E-state index is -0.664. The second kappa shape index (κ2) is 4.80. The lowest BCUT2D eigenvalue weighted by Gasteiger charge is -2.11. The number of nitriles is 1. The summed E-state index contributed by atoms with van der Waals surface area (Å²) in [5.41, 5.74) is 7.39. The third kappa shape index (κ3) is 2.25. The smallest absolute Gasteiger partial charge is 0.228 e. The highest BCUT2D eigenvalue weighted by atomic mass is 19.1. The number of fused-ring (bicyclic) bond motifs is 1. The van der Waals surface area contributed by atoms with Gasteiger partial charge in [-0.1, -0.05) is 6.07 Å². The summed E-state index contributed by atoms with van der Waals surface area (Å²) in [5, 5.41) is 11.7. The van der Waals surface area contributed by atoms with Gasteiger partial charge in [-0.05, 0) is 23.8 Å². The van der Waals surface area contributed by atoms with Gasteiger partial charge in [-0.15, -0.1) is 0 Å². The highest BCUT2D eigenvalue weighted by Gasteiger charge is 2.20. The fourth-order valence-corrected chi connectivity index (χ4v) is 2.18. The highest BCUT2D eigenvalue weighted by molar-refractivity contribution is 6.00. The van der Waals surface area contributed by atoms with Gasteiger partial charge in [-0.25, -0.2) is 4.39 Å². The lowest BCUT2D eigenvalue weighted by molar-refractivity contribution is -0.115. The van der Waals surface area contributed by atoms with E-state index in [4.69, 9.17) is 15.7 Å². The van der Waals surface area contributed by atoms with Gasteiger partial charge in [0.25, 0.3) is 0 Å². The fourth-order valence-electron chi connectivity index (χ4n) is 2.18. The van der Waals surface area contributed by atoms with Crippen LogP contribution in [0, 0.1) is 17.1 Å². The Hall–Kier alpha value is -3.07. The van der Waals surface area contributed by atoms with Crippen LogP contribution >= 0.6 is 0 Å². The third-order valence-corrected chi connectivity index (χ3v) is 3.17. The predicted octanol–water partition coefficient (Wildman–Crippen LogP) is 2.57. The first-order valence-corrected chi connectivity index (χ1v) is 6.17. The molecule has 1 heterocycles. The van der Waals surface area contributed by atoms with Gasteiger partial charge in [0.1, 0.15) is 23.2 Å². The molecule has 1 aliphatic rings. The Balaban J connectivity index is 2.01. The number of carbonyl (C=O) groups is 1. The maximum Gasteiger partial charge on any atom is 0.228 e. The molecule has 1 aliphatic heterocycles. The fraction of sp³-hybridized carbons (Fsp3) is 0.0667. The van der Waals surface area contributed by atoms with E-state index in [2.05, 4.69) is 5.32 Å². The van der Waals surface area contributed by atoms with E-state index < -0.39 is 5.82 Å². The van der Waals surface area contributed by atoms with Crippen molar-refractivity contribution in [1.82, 2.24) is 0 Å². The quantitative estimate of drug-likeness (QED) is 0.829. The van der Waals surface area contributed by atoms with Gasteiger partial charge in [0.05, 0.1) is 12.1 Å². The SMILES string of the molecule is N#Cc1c(F)cccc1Oc1cc2c(cc1N)CC(=O)N2. The zero-order valence-electron chi connectivity index (χ0n) is 10.8. The molecule has 3 N–H and O–H groups in total. The summed E-state index contributed by atoms with van der Waals surface area (Å²) in [6.07, 6.45) is 0.267. The number of rotatable bonds is 2. The summed E-state index contributed by atoms with van der Waals surface area (Å²) in [7, 11) is 0. The Morgan fingerprint density at radius 1 is 1.33 bits per heavy atom. The van der Waals surface area contributed by atoms with E-state index in [0.29, 0.717) is 11.4 Å². The van der Waals surface area contributed by atoms with Crippen LogP contribution in [0.3, 0.4) is 0 Å². The molecular weight excluding hydrogens is 273 g/mol. The molecule has 0 atom stereocenters. The molecule has 5 nitrogen and oxygen atoms in total. The Labute approximate surface area is 119 Å². The molecule has 1 amide bonds. The summed E-state index contributed by atoms with van der Waals surface area (Å²) in [6.45, 7) is 0. The van der Waals surface area contributed by atoms with Gasteiger partial charge in [-0.2, -0.15) is 5.26 Å². The number of nitrogens with two attached hydrogens (primary N) is 1. The largest absolute Gasteiger partial charge is 0.454 e. The van der Waals surface area contributed by atoms with Crippen molar-refractivity contribution in [3.05, 3.63) is 47.3 Å². The molecule has 0 aromatic heterocycles.